The molecule has 1 aliphatic carbocycles. The van der Waals surface area contributed by atoms with Crippen LogP contribution in [0.2, 0.25) is 0 Å². The van der Waals surface area contributed by atoms with Crippen molar-refractivity contribution in [3.8, 4) is 0 Å². The fourth-order valence-electron chi connectivity index (χ4n) is 2.05. The normalized spacial score (nSPS) is 38.5. The summed E-state index contributed by atoms with van der Waals surface area (Å²) in [6.45, 7) is 5.67. The Morgan fingerprint density at radius 3 is 2.67 bits per heavy atom. The molecule has 2 rings (SSSR count). The lowest BCUT2D eigenvalue weighted by atomic mass is 9.96. The van der Waals surface area contributed by atoms with E-state index in [2.05, 4.69) is 11.8 Å². The van der Waals surface area contributed by atoms with E-state index in [4.69, 9.17) is 0 Å². The Morgan fingerprint density at radius 2 is 2.08 bits per heavy atom. The molecule has 1 saturated carbocycles. The van der Waals surface area contributed by atoms with Crippen molar-refractivity contribution in [1.29, 1.82) is 0 Å². The van der Waals surface area contributed by atoms with E-state index in [1.165, 1.54) is 19.4 Å². The van der Waals surface area contributed by atoms with Gasteiger partial charge in [-0.15, -0.1) is 0 Å². The van der Waals surface area contributed by atoms with Gasteiger partial charge in [0.2, 0.25) is 0 Å². The van der Waals surface area contributed by atoms with Crippen LogP contribution in [0.25, 0.3) is 0 Å². The molecule has 2 atom stereocenters. The minimum absolute atomic E-state index is 0.0412. The van der Waals surface area contributed by atoms with Crippen LogP contribution in [0, 0.1) is 11.8 Å². The highest BCUT2D eigenvalue weighted by Gasteiger charge is 2.29. The maximum absolute atomic E-state index is 9.52. The Bertz CT molecular complexity index is 156. The molecular weight excluding hydrogens is 150 g/mol. The second-order valence-corrected chi connectivity index (χ2v) is 4.54. The van der Waals surface area contributed by atoms with Crippen LogP contribution in [-0.2, 0) is 0 Å². The third kappa shape index (κ3) is 1.99. The van der Waals surface area contributed by atoms with Crippen LogP contribution in [-0.4, -0.2) is 35.7 Å². The molecule has 2 nitrogen and oxygen atoms in total. The number of aliphatic hydroxyl groups is 1. The Kier molecular flexibility index (Phi) is 2.37. The highest BCUT2D eigenvalue weighted by Crippen LogP contribution is 2.31. The zero-order valence-corrected chi connectivity index (χ0v) is 7.87. The summed E-state index contributed by atoms with van der Waals surface area (Å²) in [6, 6.07) is 0. The van der Waals surface area contributed by atoms with Gasteiger partial charge < -0.3 is 10.0 Å². The fraction of sp³-hybridized carbons (Fsp3) is 1.00. The molecule has 0 aromatic rings. The van der Waals surface area contributed by atoms with Crippen LogP contribution in [0.3, 0.4) is 0 Å². The Labute approximate surface area is 74.6 Å². The number of aliphatic hydroxyl groups excluding tert-OH is 1. The minimum Gasteiger partial charge on any atom is -0.393 e. The number of hydrogen-bond donors (Lipinski definition) is 1. The molecule has 0 amide bonds. The second kappa shape index (κ2) is 3.35. The van der Waals surface area contributed by atoms with Gasteiger partial charge in [0.05, 0.1) is 6.10 Å². The van der Waals surface area contributed by atoms with Crippen LogP contribution < -0.4 is 0 Å². The molecule has 70 valence electrons. The predicted molar refractivity (Wildman–Crippen MR) is 49.0 cm³/mol. The first-order valence-corrected chi connectivity index (χ1v) is 5.16. The van der Waals surface area contributed by atoms with Gasteiger partial charge in [0.1, 0.15) is 0 Å². The van der Waals surface area contributed by atoms with E-state index in [1.54, 1.807) is 0 Å². The van der Waals surface area contributed by atoms with E-state index < -0.39 is 0 Å². The predicted octanol–water partition coefficient (Wildman–Crippen LogP) is 1.10. The number of rotatable bonds is 2. The molecule has 0 radical (unpaired) electrons. The summed E-state index contributed by atoms with van der Waals surface area (Å²) in [7, 11) is 0. The third-order valence-corrected chi connectivity index (χ3v) is 3.16. The first-order valence-electron chi connectivity index (χ1n) is 5.16. The SMILES string of the molecule is C[C@@H]1CN(CC2CC2)CC[C@@H]1O. The third-order valence-electron chi connectivity index (χ3n) is 3.16. The summed E-state index contributed by atoms with van der Waals surface area (Å²) in [4.78, 5) is 2.52. The molecule has 0 spiro atoms. The van der Waals surface area contributed by atoms with E-state index >= 15 is 0 Å². The average Bonchev–Trinajstić information content (AvgIpc) is 2.81. The van der Waals surface area contributed by atoms with E-state index in [0.29, 0.717) is 5.92 Å². The molecule has 1 aliphatic heterocycles. The molecule has 2 heteroatoms. The summed E-state index contributed by atoms with van der Waals surface area (Å²) in [5, 5.41) is 9.52. The van der Waals surface area contributed by atoms with Gasteiger partial charge in [-0.25, -0.2) is 0 Å². The molecular formula is C10H19NO. The van der Waals surface area contributed by atoms with Gasteiger partial charge >= 0.3 is 0 Å². The number of piperidine rings is 1. The number of hydrogen-bond acceptors (Lipinski definition) is 2. The van der Waals surface area contributed by atoms with Crippen molar-refractivity contribution in [3.63, 3.8) is 0 Å². The first kappa shape index (κ1) is 8.52. The zero-order valence-electron chi connectivity index (χ0n) is 7.87. The van der Waals surface area contributed by atoms with Crippen LogP contribution in [0.1, 0.15) is 26.2 Å². The molecule has 1 saturated heterocycles. The smallest absolute Gasteiger partial charge is 0.0590 e. The van der Waals surface area contributed by atoms with Gasteiger partial charge in [0.25, 0.3) is 0 Å². The van der Waals surface area contributed by atoms with E-state index in [-0.39, 0.29) is 6.10 Å². The van der Waals surface area contributed by atoms with Gasteiger partial charge in [0, 0.05) is 19.6 Å². The van der Waals surface area contributed by atoms with Crippen molar-refractivity contribution in [2.75, 3.05) is 19.6 Å². The van der Waals surface area contributed by atoms with E-state index in [0.717, 1.165) is 25.4 Å². The van der Waals surface area contributed by atoms with Crippen LogP contribution in [0.5, 0.6) is 0 Å². The largest absolute Gasteiger partial charge is 0.393 e. The molecule has 1 N–H and O–H groups in total. The number of likely N-dealkylation sites (tertiary alicyclic amines) is 1. The minimum atomic E-state index is -0.0412. The fourth-order valence-corrected chi connectivity index (χ4v) is 2.05. The highest BCUT2D eigenvalue weighted by molar-refractivity contribution is 4.82. The molecule has 0 aromatic carbocycles. The maximum Gasteiger partial charge on any atom is 0.0590 e. The second-order valence-electron chi connectivity index (χ2n) is 4.54. The zero-order chi connectivity index (χ0) is 8.55. The van der Waals surface area contributed by atoms with E-state index in [9.17, 15) is 5.11 Å². The molecule has 0 bridgehead atoms. The lowest BCUT2D eigenvalue weighted by Gasteiger charge is -2.34. The van der Waals surface area contributed by atoms with Gasteiger partial charge in [-0.1, -0.05) is 6.92 Å². The molecule has 0 unspecified atom stereocenters. The molecule has 12 heavy (non-hydrogen) atoms. The van der Waals surface area contributed by atoms with Crippen molar-refractivity contribution in [1.82, 2.24) is 4.90 Å². The summed E-state index contributed by atoms with van der Waals surface area (Å²) in [5.74, 6) is 1.48. The van der Waals surface area contributed by atoms with Crippen molar-refractivity contribution in [2.45, 2.75) is 32.3 Å². The summed E-state index contributed by atoms with van der Waals surface area (Å²) in [6.07, 6.45) is 3.81. The topological polar surface area (TPSA) is 23.5 Å². The Morgan fingerprint density at radius 1 is 1.33 bits per heavy atom. The van der Waals surface area contributed by atoms with Gasteiger partial charge in [-0.05, 0) is 31.1 Å². The highest BCUT2D eigenvalue weighted by atomic mass is 16.3. The van der Waals surface area contributed by atoms with Gasteiger partial charge in [0.15, 0.2) is 0 Å². The monoisotopic (exact) mass is 169 g/mol. The Hall–Kier alpha value is -0.0800. The van der Waals surface area contributed by atoms with Crippen molar-refractivity contribution in [2.24, 2.45) is 11.8 Å². The van der Waals surface area contributed by atoms with Crippen molar-refractivity contribution >= 4 is 0 Å². The quantitative estimate of drug-likeness (QED) is 0.669. The lowest BCUT2D eigenvalue weighted by molar-refractivity contribution is 0.0334. The Balaban J connectivity index is 1.76. The standard InChI is InChI=1S/C10H19NO/c1-8-6-11(5-4-10(8)12)7-9-2-3-9/h8-10,12H,2-7H2,1H3/t8-,10+/m1/s1. The summed E-state index contributed by atoms with van der Waals surface area (Å²) in [5.41, 5.74) is 0. The molecule has 2 fully saturated rings. The molecule has 1 heterocycles. The van der Waals surface area contributed by atoms with Crippen LogP contribution in [0.15, 0.2) is 0 Å². The van der Waals surface area contributed by atoms with Crippen molar-refractivity contribution in [3.05, 3.63) is 0 Å². The molecule has 2 aliphatic rings. The van der Waals surface area contributed by atoms with E-state index in [1.807, 2.05) is 0 Å². The summed E-state index contributed by atoms with van der Waals surface area (Å²) >= 11 is 0. The van der Waals surface area contributed by atoms with Gasteiger partial charge in [-0.3, -0.25) is 0 Å². The first-order chi connectivity index (χ1) is 5.75. The lowest BCUT2D eigenvalue weighted by Crippen LogP contribution is -2.42. The maximum atomic E-state index is 9.52. The number of nitrogens with zero attached hydrogens (tertiary/aromatic N) is 1. The van der Waals surface area contributed by atoms with Crippen LogP contribution >= 0.6 is 0 Å². The summed E-state index contributed by atoms with van der Waals surface area (Å²) < 4.78 is 0. The average molecular weight is 169 g/mol. The van der Waals surface area contributed by atoms with Crippen LogP contribution in [0.4, 0.5) is 0 Å². The molecule has 0 aromatic heterocycles. The van der Waals surface area contributed by atoms with Gasteiger partial charge in [-0.2, -0.15) is 0 Å². The van der Waals surface area contributed by atoms with Crippen molar-refractivity contribution < 1.29 is 5.11 Å².